The summed E-state index contributed by atoms with van der Waals surface area (Å²) < 4.78 is 1.94. The average Bonchev–Trinajstić information content (AvgIpc) is 2.62. The van der Waals surface area contributed by atoms with Gasteiger partial charge in [0.25, 0.3) is 0 Å². The van der Waals surface area contributed by atoms with Crippen LogP contribution in [0.15, 0.2) is 18.2 Å². The van der Waals surface area contributed by atoms with Crippen LogP contribution in [0, 0.1) is 20.8 Å². The summed E-state index contributed by atoms with van der Waals surface area (Å²) in [5, 5.41) is 7.95. The third-order valence-electron chi connectivity index (χ3n) is 3.82. The summed E-state index contributed by atoms with van der Waals surface area (Å²) in [7, 11) is 6.13. The van der Waals surface area contributed by atoms with Crippen LogP contribution < -0.4 is 10.2 Å². The molecule has 108 valence electrons. The van der Waals surface area contributed by atoms with Crippen LogP contribution in [0.1, 0.15) is 22.5 Å². The summed E-state index contributed by atoms with van der Waals surface area (Å²) in [6, 6.07) is 6.47. The van der Waals surface area contributed by atoms with E-state index in [0.29, 0.717) is 0 Å². The normalized spacial score (nSPS) is 10.7. The van der Waals surface area contributed by atoms with Crippen LogP contribution in [-0.4, -0.2) is 23.9 Å². The molecule has 1 N–H and O–H groups in total. The molecule has 4 nitrogen and oxygen atoms in total. The van der Waals surface area contributed by atoms with Crippen LogP contribution in [0.25, 0.3) is 0 Å². The second kappa shape index (κ2) is 5.57. The molecule has 2 rings (SSSR count). The van der Waals surface area contributed by atoms with Gasteiger partial charge < -0.3 is 10.2 Å². The largest absolute Gasteiger partial charge is 0.381 e. The number of hydrogen-bond donors (Lipinski definition) is 1. The zero-order chi connectivity index (χ0) is 14.9. The Kier molecular flexibility index (Phi) is 4.02. The van der Waals surface area contributed by atoms with Crippen LogP contribution in [0.5, 0.6) is 0 Å². The number of anilines is 2. The molecule has 0 amide bonds. The van der Waals surface area contributed by atoms with Crippen molar-refractivity contribution in [2.45, 2.75) is 27.3 Å². The molecule has 0 atom stereocenters. The Labute approximate surface area is 121 Å². The number of rotatable bonds is 4. The molecule has 1 aromatic heterocycles. The summed E-state index contributed by atoms with van der Waals surface area (Å²) >= 11 is 0. The summed E-state index contributed by atoms with van der Waals surface area (Å²) in [5.74, 6) is 0. The zero-order valence-electron chi connectivity index (χ0n) is 13.3. The molecule has 0 unspecified atom stereocenters. The number of aryl methyl sites for hydroxylation is 3. The van der Waals surface area contributed by atoms with Gasteiger partial charge in [0.2, 0.25) is 0 Å². The van der Waals surface area contributed by atoms with E-state index < -0.39 is 0 Å². The predicted molar refractivity (Wildman–Crippen MR) is 85.5 cm³/mol. The highest BCUT2D eigenvalue weighted by molar-refractivity contribution is 5.62. The standard InChI is InChI=1S/C16H24N4/c1-11-7-8-14(9-16(11)19(4)5)17-10-15-12(2)18-20(6)13(15)3/h7-9,17H,10H2,1-6H3. The van der Waals surface area contributed by atoms with Crippen molar-refractivity contribution < 1.29 is 0 Å². The Bertz CT molecular complexity index is 611. The first-order valence-electron chi connectivity index (χ1n) is 6.91. The lowest BCUT2D eigenvalue weighted by Crippen LogP contribution is -2.11. The molecule has 0 aliphatic heterocycles. The fourth-order valence-corrected chi connectivity index (χ4v) is 2.46. The van der Waals surface area contributed by atoms with Gasteiger partial charge in [0.15, 0.2) is 0 Å². The number of benzene rings is 1. The Hall–Kier alpha value is -1.97. The van der Waals surface area contributed by atoms with Crippen molar-refractivity contribution in [1.29, 1.82) is 0 Å². The maximum Gasteiger partial charge on any atom is 0.0646 e. The smallest absolute Gasteiger partial charge is 0.0646 e. The maximum absolute atomic E-state index is 4.45. The molecule has 1 aromatic carbocycles. The summed E-state index contributed by atoms with van der Waals surface area (Å²) in [6.07, 6.45) is 0. The number of hydrogen-bond acceptors (Lipinski definition) is 3. The van der Waals surface area contributed by atoms with Crippen molar-refractivity contribution in [2.75, 3.05) is 24.3 Å². The van der Waals surface area contributed by atoms with E-state index in [4.69, 9.17) is 0 Å². The van der Waals surface area contributed by atoms with E-state index in [1.165, 1.54) is 22.5 Å². The summed E-state index contributed by atoms with van der Waals surface area (Å²) in [5.41, 5.74) is 7.26. The van der Waals surface area contributed by atoms with Crippen molar-refractivity contribution in [2.24, 2.45) is 7.05 Å². The highest BCUT2D eigenvalue weighted by atomic mass is 15.3. The van der Waals surface area contributed by atoms with E-state index in [9.17, 15) is 0 Å². The first kappa shape index (κ1) is 14.4. The van der Waals surface area contributed by atoms with Gasteiger partial charge in [0.1, 0.15) is 0 Å². The molecule has 0 aliphatic rings. The molecule has 1 heterocycles. The minimum atomic E-state index is 0.807. The van der Waals surface area contributed by atoms with Gasteiger partial charge in [-0.2, -0.15) is 5.10 Å². The van der Waals surface area contributed by atoms with Crippen molar-refractivity contribution in [3.05, 3.63) is 40.7 Å². The molecule has 0 saturated heterocycles. The van der Waals surface area contributed by atoms with Crippen LogP contribution in [0.2, 0.25) is 0 Å². The topological polar surface area (TPSA) is 33.1 Å². The summed E-state index contributed by atoms with van der Waals surface area (Å²) in [6.45, 7) is 7.11. The molecular formula is C16H24N4. The Balaban J connectivity index is 2.17. The molecule has 20 heavy (non-hydrogen) atoms. The van der Waals surface area contributed by atoms with E-state index in [-0.39, 0.29) is 0 Å². The number of aromatic nitrogens is 2. The summed E-state index contributed by atoms with van der Waals surface area (Å²) in [4.78, 5) is 2.14. The van der Waals surface area contributed by atoms with Gasteiger partial charge in [-0.1, -0.05) is 6.07 Å². The first-order chi connectivity index (χ1) is 9.40. The van der Waals surface area contributed by atoms with Crippen LogP contribution in [-0.2, 0) is 13.6 Å². The predicted octanol–water partition coefficient (Wildman–Crippen LogP) is 3.02. The first-order valence-corrected chi connectivity index (χ1v) is 6.91. The van der Waals surface area contributed by atoms with Gasteiger partial charge in [-0.3, -0.25) is 4.68 Å². The molecule has 0 fully saturated rings. The van der Waals surface area contributed by atoms with E-state index in [2.05, 4.69) is 68.4 Å². The number of nitrogens with one attached hydrogen (secondary N) is 1. The Morgan fingerprint density at radius 1 is 1.20 bits per heavy atom. The van der Waals surface area contributed by atoms with E-state index in [1.54, 1.807) is 0 Å². The zero-order valence-corrected chi connectivity index (χ0v) is 13.3. The van der Waals surface area contributed by atoms with Gasteiger partial charge in [0, 0.05) is 50.3 Å². The highest BCUT2D eigenvalue weighted by Gasteiger charge is 2.09. The SMILES string of the molecule is Cc1ccc(NCc2c(C)nn(C)c2C)cc1N(C)C. The molecule has 0 spiro atoms. The van der Waals surface area contributed by atoms with Crippen LogP contribution in [0.3, 0.4) is 0 Å². The molecule has 2 aromatic rings. The lowest BCUT2D eigenvalue weighted by atomic mass is 10.1. The third-order valence-corrected chi connectivity index (χ3v) is 3.82. The molecule has 0 radical (unpaired) electrons. The second-order valence-corrected chi connectivity index (χ2v) is 5.52. The van der Waals surface area contributed by atoms with Gasteiger partial charge in [0.05, 0.1) is 5.69 Å². The Morgan fingerprint density at radius 3 is 2.45 bits per heavy atom. The van der Waals surface area contributed by atoms with Crippen molar-refractivity contribution >= 4 is 11.4 Å². The van der Waals surface area contributed by atoms with Gasteiger partial charge in [-0.15, -0.1) is 0 Å². The third kappa shape index (κ3) is 2.79. The van der Waals surface area contributed by atoms with E-state index >= 15 is 0 Å². The van der Waals surface area contributed by atoms with Crippen molar-refractivity contribution in [3.63, 3.8) is 0 Å². The lowest BCUT2D eigenvalue weighted by molar-refractivity contribution is 0.730. The minimum absolute atomic E-state index is 0.807. The molecule has 0 bridgehead atoms. The van der Waals surface area contributed by atoms with Crippen LogP contribution in [0.4, 0.5) is 11.4 Å². The average molecular weight is 272 g/mol. The van der Waals surface area contributed by atoms with Gasteiger partial charge in [-0.05, 0) is 38.5 Å². The molecular weight excluding hydrogens is 248 g/mol. The molecule has 0 saturated carbocycles. The lowest BCUT2D eigenvalue weighted by Gasteiger charge is -2.17. The van der Waals surface area contributed by atoms with E-state index in [1.807, 2.05) is 11.7 Å². The fraction of sp³-hybridized carbons (Fsp3) is 0.438. The molecule has 0 aliphatic carbocycles. The van der Waals surface area contributed by atoms with E-state index in [0.717, 1.165) is 17.9 Å². The monoisotopic (exact) mass is 272 g/mol. The Morgan fingerprint density at radius 2 is 1.90 bits per heavy atom. The minimum Gasteiger partial charge on any atom is -0.381 e. The maximum atomic E-state index is 4.45. The molecule has 4 heteroatoms. The van der Waals surface area contributed by atoms with Crippen LogP contribution >= 0.6 is 0 Å². The quantitative estimate of drug-likeness (QED) is 0.928. The van der Waals surface area contributed by atoms with Crippen molar-refractivity contribution in [3.8, 4) is 0 Å². The van der Waals surface area contributed by atoms with Gasteiger partial charge >= 0.3 is 0 Å². The van der Waals surface area contributed by atoms with Crippen molar-refractivity contribution in [1.82, 2.24) is 9.78 Å². The number of nitrogens with zero attached hydrogens (tertiary/aromatic N) is 3. The fourth-order valence-electron chi connectivity index (χ4n) is 2.46. The van der Waals surface area contributed by atoms with Gasteiger partial charge in [-0.25, -0.2) is 0 Å². The highest BCUT2D eigenvalue weighted by Crippen LogP contribution is 2.23. The second-order valence-electron chi connectivity index (χ2n) is 5.52.